The van der Waals surface area contributed by atoms with Crippen LogP contribution in [-0.4, -0.2) is 12.4 Å². The molecule has 0 unspecified atom stereocenters. The second kappa shape index (κ2) is 6.48. The molecule has 1 rings (SSSR count). The average molecular weight is 245 g/mol. The molecule has 2 nitrogen and oxygen atoms in total. The van der Waals surface area contributed by atoms with Crippen LogP contribution in [0.25, 0.3) is 0 Å². The molecule has 1 aromatic rings. The summed E-state index contributed by atoms with van der Waals surface area (Å²) in [6.07, 6.45) is 2.15. The first-order valence-electron chi connectivity index (χ1n) is 5.17. The molecule has 0 aliphatic rings. The molecule has 0 bridgehead atoms. The van der Waals surface area contributed by atoms with Crippen LogP contribution in [0.3, 0.4) is 0 Å². The summed E-state index contributed by atoms with van der Waals surface area (Å²) in [6.45, 7) is 2.05. The maximum Gasteiger partial charge on any atom is 0.138 e. The van der Waals surface area contributed by atoms with E-state index in [1.807, 2.05) is 0 Å². The number of unbranched alkanes of at least 4 members (excludes halogenated alkanes) is 1. The van der Waals surface area contributed by atoms with Crippen LogP contribution in [0, 0.1) is 5.82 Å². The lowest BCUT2D eigenvalue weighted by atomic mass is 10.2. The van der Waals surface area contributed by atoms with Gasteiger partial charge >= 0.3 is 0 Å². The molecule has 1 aromatic carbocycles. The van der Waals surface area contributed by atoms with Gasteiger partial charge in [0.15, 0.2) is 0 Å². The van der Waals surface area contributed by atoms with Crippen molar-refractivity contribution in [3.05, 3.63) is 29.0 Å². The van der Waals surface area contributed by atoms with Gasteiger partial charge in [-0.2, -0.15) is 0 Å². The Kier molecular flexibility index (Phi) is 5.26. The maximum atomic E-state index is 12.7. The number of ketones is 1. The van der Waals surface area contributed by atoms with Crippen molar-refractivity contribution in [2.45, 2.75) is 26.2 Å². The number of halogens is 2. The molecule has 0 fully saturated rings. The van der Waals surface area contributed by atoms with Crippen LogP contribution in [0.2, 0.25) is 5.02 Å². The van der Waals surface area contributed by atoms with E-state index < -0.39 is 0 Å². The second-order valence-corrected chi connectivity index (χ2v) is 3.99. The molecule has 0 atom stereocenters. The molecular formula is C12H14ClFO2. The fourth-order valence-electron chi connectivity index (χ4n) is 1.25. The summed E-state index contributed by atoms with van der Waals surface area (Å²) in [5, 5.41) is 0.270. The van der Waals surface area contributed by atoms with Crippen molar-refractivity contribution in [2.24, 2.45) is 0 Å². The second-order valence-electron chi connectivity index (χ2n) is 3.58. The Balaban J connectivity index is 2.29. The summed E-state index contributed by atoms with van der Waals surface area (Å²) in [6, 6.07) is 4.02. The Labute approximate surface area is 99.4 Å². The van der Waals surface area contributed by atoms with Crippen LogP contribution in [-0.2, 0) is 4.79 Å². The number of benzene rings is 1. The number of hydrogen-bond donors (Lipinski definition) is 0. The van der Waals surface area contributed by atoms with Crippen LogP contribution in [0.15, 0.2) is 18.2 Å². The lowest BCUT2D eigenvalue weighted by Gasteiger charge is -2.07. The predicted molar refractivity (Wildman–Crippen MR) is 61.4 cm³/mol. The third-order valence-electron chi connectivity index (χ3n) is 2.07. The van der Waals surface area contributed by atoms with Gasteiger partial charge in [0, 0.05) is 6.42 Å². The number of ether oxygens (including phenoxy) is 1. The molecule has 0 spiro atoms. The molecule has 0 heterocycles. The molecule has 0 aliphatic carbocycles. The summed E-state index contributed by atoms with van der Waals surface area (Å²) in [4.78, 5) is 10.7. The van der Waals surface area contributed by atoms with Gasteiger partial charge in [-0.15, -0.1) is 0 Å². The number of hydrogen-bond acceptors (Lipinski definition) is 2. The zero-order valence-electron chi connectivity index (χ0n) is 9.13. The van der Waals surface area contributed by atoms with Crippen molar-refractivity contribution >= 4 is 17.4 Å². The van der Waals surface area contributed by atoms with E-state index in [1.165, 1.54) is 18.2 Å². The highest BCUT2D eigenvalue weighted by Gasteiger charge is 2.02. The SMILES string of the molecule is CC(=O)CCCCOc1ccc(F)cc1Cl. The van der Waals surface area contributed by atoms with Gasteiger partial charge in [0.05, 0.1) is 11.6 Å². The molecule has 0 saturated carbocycles. The number of rotatable bonds is 6. The smallest absolute Gasteiger partial charge is 0.138 e. The highest BCUT2D eigenvalue weighted by Crippen LogP contribution is 2.24. The van der Waals surface area contributed by atoms with Gasteiger partial charge in [-0.3, -0.25) is 0 Å². The standard InChI is InChI=1S/C12H14ClFO2/c1-9(15)4-2-3-7-16-12-6-5-10(14)8-11(12)13/h5-6,8H,2-4,7H2,1H3. The normalized spacial score (nSPS) is 10.2. The van der Waals surface area contributed by atoms with Crippen LogP contribution in [0.5, 0.6) is 5.75 Å². The molecule has 0 amide bonds. The van der Waals surface area contributed by atoms with Gasteiger partial charge in [-0.1, -0.05) is 11.6 Å². The Bertz CT molecular complexity index is 366. The Hall–Kier alpha value is -1.09. The van der Waals surface area contributed by atoms with Crippen molar-refractivity contribution in [1.29, 1.82) is 0 Å². The summed E-state index contributed by atoms with van der Waals surface area (Å²) in [7, 11) is 0. The van der Waals surface area contributed by atoms with Crippen molar-refractivity contribution in [3.8, 4) is 5.75 Å². The first-order chi connectivity index (χ1) is 7.59. The molecule has 88 valence electrons. The highest BCUT2D eigenvalue weighted by molar-refractivity contribution is 6.32. The minimum Gasteiger partial charge on any atom is -0.492 e. The van der Waals surface area contributed by atoms with Gasteiger partial charge in [0.1, 0.15) is 17.3 Å². The minimum absolute atomic E-state index is 0.180. The van der Waals surface area contributed by atoms with E-state index in [0.29, 0.717) is 18.8 Å². The van der Waals surface area contributed by atoms with E-state index in [9.17, 15) is 9.18 Å². The third-order valence-corrected chi connectivity index (χ3v) is 2.37. The molecule has 0 saturated heterocycles. The Morgan fingerprint density at radius 3 is 2.81 bits per heavy atom. The fourth-order valence-corrected chi connectivity index (χ4v) is 1.47. The minimum atomic E-state index is -0.381. The topological polar surface area (TPSA) is 26.3 Å². The van der Waals surface area contributed by atoms with Crippen LogP contribution >= 0.6 is 11.6 Å². The predicted octanol–water partition coefficient (Wildman–Crippen LogP) is 3.62. The van der Waals surface area contributed by atoms with E-state index in [2.05, 4.69) is 0 Å². The molecule has 0 N–H and O–H groups in total. The quantitative estimate of drug-likeness (QED) is 0.715. The first-order valence-corrected chi connectivity index (χ1v) is 5.54. The molecule has 0 aromatic heterocycles. The lowest BCUT2D eigenvalue weighted by Crippen LogP contribution is -1.99. The van der Waals surface area contributed by atoms with Crippen LogP contribution < -0.4 is 4.74 Å². The van der Waals surface area contributed by atoms with Gasteiger partial charge < -0.3 is 9.53 Å². The first kappa shape index (κ1) is 13.0. The summed E-state index contributed by atoms with van der Waals surface area (Å²) >= 11 is 5.77. The Morgan fingerprint density at radius 1 is 1.44 bits per heavy atom. The molecule has 0 radical (unpaired) electrons. The number of carbonyl (C=O) groups is 1. The van der Waals surface area contributed by atoms with E-state index in [-0.39, 0.29) is 16.6 Å². The molecular weight excluding hydrogens is 231 g/mol. The Morgan fingerprint density at radius 2 is 2.19 bits per heavy atom. The largest absolute Gasteiger partial charge is 0.492 e. The third kappa shape index (κ3) is 4.62. The van der Waals surface area contributed by atoms with E-state index >= 15 is 0 Å². The van der Waals surface area contributed by atoms with Crippen molar-refractivity contribution in [1.82, 2.24) is 0 Å². The molecule has 4 heteroatoms. The highest BCUT2D eigenvalue weighted by atomic mass is 35.5. The monoisotopic (exact) mass is 244 g/mol. The zero-order valence-corrected chi connectivity index (χ0v) is 9.89. The van der Waals surface area contributed by atoms with Gasteiger partial charge in [-0.25, -0.2) is 4.39 Å². The van der Waals surface area contributed by atoms with Crippen molar-refractivity contribution in [3.63, 3.8) is 0 Å². The lowest BCUT2D eigenvalue weighted by molar-refractivity contribution is -0.117. The average Bonchev–Trinajstić information content (AvgIpc) is 2.20. The van der Waals surface area contributed by atoms with E-state index in [1.54, 1.807) is 6.92 Å². The molecule has 0 aliphatic heterocycles. The van der Waals surface area contributed by atoms with Crippen molar-refractivity contribution < 1.29 is 13.9 Å². The fraction of sp³-hybridized carbons (Fsp3) is 0.417. The van der Waals surface area contributed by atoms with Crippen LogP contribution in [0.1, 0.15) is 26.2 Å². The van der Waals surface area contributed by atoms with Gasteiger partial charge in [0.25, 0.3) is 0 Å². The van der Waals surface area contributed by atoms with Crippen molar-refractivity contribution in [2.75, 3.05) is 6.61 Å². The van der Waals surface area contributed by atoms with Crippen LogP contribution in [0.4, 0.5) is 4.39 Å². The summed E-state index contributed by atoms with van der Waals surface area (Å²) < 4.78 is 18.1. The maximum absolute atomic E-state index is 12.7. The zero-order chi connectivity index (χ0) is 12.0. The number of Topliss-reactive ketones (excluding diaryl/α,β-unsaturated/α-hetero) is 1. The van der Waals surface area contributed by atoms with E-state index in [4.69, 9.17) is 16.3 Å². The summed E-state index contributed by atoms with van der Waals surface area (Å²) in [5.41, 5.74) is 0. The molecule has 16 heavy (non-hydrogen) atoms. The number of carbonyl (C=O) groups excluding carboxylic acids is 1. The van der Waals surface area contributed by atoms with Gasteiger partial charge in [0.2, 0.25) is 0 Å². The van der Waals surface area contributed by atoms with E-state index in [0.717, 1.165) is 12.8 Å². The van der Waals surface area contributed by atoms with Gasteiger partial charge in [-0.05, 0) is 38.0 Å². The summed E-state index contributed by atoms with van der Waals surface area (Å²) in [5.74, 6) is 0.277.